The molecule has 0 saturated heterocycles. The van der Waals surface area contributed by atoms with Crippen molar-refractivity contribution in [3.63, 3.8) is 0 Å². The Morgan fingerprint density at radius 3 is 2.54 bits per heavy atom. The van der Waals surface area contributed by atoms with Crippen molar-refractivity contribution in [3.8, 4) is 5.75 Å². The van der Waals surface area contributed by atoms with Crippen LogP contribution in [0.4, 0.5) is 0 Å². The molecule has 3 nitrogen and oxygen atoms in total. The van der Waals surface area contributed by atoms with Gasteiger partial charge in [-0.25, -0.2) is 4.98 Å². The summed E-state index contributed by atoms with van der Waals surface area (Å²) >= 11 is 0. The molecule has 0 atom stereocenters. The molecule has 1 heterocycles. The zero-order valence-electron chi connectivity index (χ0n) is 14.5. The van der Waals surface area contributed by atoms with Crippen LogP contribution in [-0.4, -0.2) is 16.2 Å². The highest BCUT2D eigenvalue weighted by Crippen LogP contribution is 2.40. The second-order valence-electron chi connectivity index (χ2n) is 6.81. The molecule has 24 heavy (non-hydrogen) atoms. The van der Waals surface area contributed by atoms with Gasteiger partial charge in [-0.05, 0) is 56.4 Å². The number of hydrogen-bond acceptors (Lipinski definition) is 2. The first kappa shape index (κ1) is 15.3. The van der Waals surface area contributed by atoms with E-state index in [1.807, 2.05) is 0 Å². The van der Waals surface area contributed by atoms with E-state index in [2.05, 4.69) is 60.9 Å². The van der Waals surface area contributed by atoms with Crippen LogP contribution in [-0.2, 0) is 6.54 Å². The second-order valence-corrected chi connectivity index (χ2v) is 6.81. The number of imidazole rings is 1. The normalized spacial score (nSPS) is 14.2. The Balaban J connectivity index is 1.46. The van der Waals surface area contributed by atoms with Crippen molar-refractivity contribution in [1.29, 1.82) is 0 Å². The summed E-state index contributed by atoms with van der Waals surface area (Å²) in [6, 6.07) is 14.8. The van der Waals surface area contributed by atoms with Crippen LogP contribution in [0.5, 0.6) is 5.75 Å². The number of rotatable bonds is 6. The van der Waals surface area contributed by atoms with Gasteiger partial charge in [-0.1, -0.05) is 30.3 Å². The minimum atomic E-state index is 0.664. The van der Waals surface area contributed by atoms with Crippen molar-refractivity contribution in [2.75, 3.05) is 6.61 Å². The maximum Gasteiger partial charge on any atom is 0.125 e. The molecule has 0 aliphatic heterocycles. The lowest BCUT2D eigenvalue weighted by molar-refractivity contribution is 0.298. The fraction of sp³-hybridized carbons (Fsp3) is 0.381. The maximum absolute atomic E-state index is 6.06. The van der Waals surface area contributed by atoms with Crippen LogP contribution in [0.15, 0.2) is 42.5 Å². The second kappa shape index (κ2) is 6.31. The fourth-order valence-corrected chi connectivity index (χ4v) is 3.41. The summed E-state index contributed by atoms with van der Waals surface area (Å²) < 4.78 is 8.46. The Labute approximate surface area is 143 Å². The van der Waals surface area contributed by atoms with Crippen molar-refractivity contribution in [3.05, 3.63) is 59.4 Å². The molecule has 0 spiro atoms. The van der Waals surface area contributed by atoms with Gasteiger partial charge in [-0.3, -0.25) is 0 Å². The van der Waals surface area contributed by atoms with Gasteiger partial charge in [-0.15, -0.1) is 0 Å². The first-order valence-electron chi connectivity index (χ1n) is 8.88. The standard InChI is InChI=1S/C21H24N2O/c1-15-7-5-8-16(2)20(15)24-14-6-13-23-19-10-4-3-9-18(19)22-21(23)17-11-12-17/h3-5,7-10,17H,6,11-14H2,1-2H3. The molecule has 3 heteroatoms. The third kappa shape index (κ3) is 2.91. The molecule has 0 unspecified atom stereocenters. The summed E-state index contributed by atoms with van der Waals surface area (Å²) in [5.41, 5.74) is 4.80. The van der Waals surface area contributed by atoms with E-state index < -0.39 is 0 Å². The Kier molecular flexibility index (Phi) is 4.01. The van der Waals surface area contributed by atoms with Crippen molar-refractivity contribution in [2.24, 2.45) is 0 Å². The monoisotopic (exact) mass is 320 g/mol. The van der Waals surface area contributed by atoms with Crippen LogP contribution < -0.4 is 4.74 Å². The van der Waals surface area contributed by atoms with Crippen LogP contribution in [0.1, 0.15) is 42.1 Å². The third-order valence-corrected chi connectivity index (χ3v) is 4.81. The molecule has 2 aromatic carbocycles. The molecule has 0 N–H and O–H groups in total. The number of aryl methyl sites for hydroxylation is 3. The number of nitrogens with zero attached hydrogens (tertiary/aromatic N) is 2. The van der Waals surface area contributed by atoms with Crippen molar-refractivity contribution in [1.82, 2.24) is 9.55 Å². The molecular formula is C21H24N2O. The topological polar surface area (TPSA) is 27.1 Å². The Morgan fingerprint density at radius 2 is 1.79 bits per heavy atom. The van der Waals surface area contributed by atoms with Gasteiger partial charge in [0, 0.05) is 12.5 Å². The molecule has 1 aliphatic carbocycles. The third-order valence-electron chi connectivity index (χ3n) is 4.81. The summed E-state index contributed by atoms with van der Waals surface area (Å²) in [4.78, 5) is 4.86. The van der Waals surface area contributed by atoms with E-state index in [1.54, 1.807) is 0 Å². The lowest BCUT2D eigenvalue weighted by Gasteiger charge is -2.13. The Morgan fingerprint density at radius 1 is 1.04 bits per heavy atom. The average molecular weight is 320 g/mol. The number of aromatic nitrogens is 2. The van der Waals surface area contributed by atoms with Gasteiger partial charge in [0.2, 0.25) is 0 Å². The van der Waals surface area contributed by atoms with Gasteiger partial charge in [0.15, 0.2) is 0 Å². The molecular weight excluding hydrogens is 296 g/mol. The highest BCUT2D eigenvalue weighted by atomic mass is 16.5. The van der Waals surface area contributed by atoms with Gasteiger partial charge in [-0.2, -0.15) is 0 Å². The zero-order chi connectivity index (χ0) is 16.5. The smallest absolute Gasteiger partial charge is 0.125 e. The molecule has 0 bridgehead atoms. The SMILES string of the molecule is Cc1cccc(C)c1OCCCn1c(C2CC2)nc2ccccc21. The van der Waals surface area contributed by atoms with Gasteiger partial charge < -0.3 is 9.30 Å². The number of ether oxygens (including phenoxy) is 1. The van der Waals surface area contributed by atoms with E-state index >= 15 is 0 Å². The van der Waals surface area contributed by atoms with Gasteiger partial charge in [0.1, 0.15) is 11.6 Å². The number of benzene rings is 2. The molecule has 1 fully saturated rings. The Hall–Kier alpha value is -2.29. The molecule has 1 aliphatic rings. The highest BCUT2D eigenvalue weighted by Gasteiger charge is 2.29. The summed E-state index contributed by atoms with van der Waals surface area (Å²) in [6.45, 7) is 5.92. The Bertz CT molecular complexity index is 841. The van der Waals surface area contributed by atoms with Crippen LogP contribution in [0.25, 0.3) is 11.0 Å². The summed E-state index contributed by atoms with van der Waals surface area (Å²) in [6.07, 6.45) is 3.55. The highest BCUT2D eigenvalue weighted by molar-refractivity contribution is 5.76. The first-order chi connectivity index (χ1) is 11.7. The van der Waals surface area contributed by atoms with Crippen molar-refractivity contribution >= 4 is 11.0 Å². The van der Waals surface area contributed by atoms with Crippen LogP contribution in [0.2, 0.25) is 0 Å². The minimum absolute atomic E-state index is 0.664. The lowest BCUT2D eigenvalue weighted by atomic mass is 10.1. The van der Waals surface area contributed by atoms with Crippen LogP contribution in [0.3, 0.4) is 0 Å². The molecule has 3 aromatic rings. The summed E-state index contributed by atoms with van der Waals surface area (Å²) in [5, 5.41) is 0. The lowest BCUT2D eigenvalue weighted by Crippen LogP contribution is -2.08. The van der Waals surface area contributed by atoms with E-state index in [9.17, 15) is 0 Å². The molecule has 0 radical (unpaired) electrons. The predicted molar refractivity (Wildman–Crippen MR) is 97.7 cm³/mol. The molecule has 124 valence electrons. The van der Waals surface area contributed by atoms with Gasteiger partial charge in [0.25, 0.3) is 0 Å². The van der Waals surface area contributed by atoms with E-state index in [4.69, 9.17) is 9.72 Å². The van der Waals surface area contributed by atoms with Crippen LogP contribution >= 0.6 is 0 Å². The minimum Gasteiger partial charge on any atom is -0.493 e. The summed E-state index contributed by atoms with van der Waals surface area (Å²) in [7, 11) is 0. The quantitative estimate of drug-likeness (QED) is 0.598. The average Bonchev–Trinajstić information content (AvgIpc) is 3.36. The zero-order valence-corrected chi connectivity index (χ0v) is 14.5. The van der Waals surface area contributed by atoms with Crippen molar-refractivity contribution in [2.45, 2.75) is 45.6 Å². The van der Waals surface area contributed by atoms with E-state index in [0.29, 0.717) is 5.92 Å². The van der Waals surface area contributed by atoms with E-state index in [-0.39, 0.29) is 0 Å². The van der Waals surface area contributed by atoms with Gasteiger partial charge in [0.05, 0.1) is 17.6 Å². The fourth-order valence-electron chi connectivity index (χ4n) is 3.41. The van der Waals surface area contributed by atoms with E-state index in [1.165, 1.54) is 35.3 Å². The molecule has 0 amide bonds. The number of hydrogen-bond donors (Lipinski definition) is 0. The predicted octanol–water partition coefficient (Wildman–Crippen LogP) is 5.00. The molecule has 1 saturated carbocycles. The van der Waals surface area contributed by atoms with Crippen LogP contribution in [0, 0.1) is 13.8 Å². The van der Waals surface area contributed by atoms with Gasteiger partial charge >= 0.3 is 0 Å². The number of fused-ring (bicyclic) bond motifs is 1. The van der Waals surface area contributed by atoms with E-state index in [0.717, 1.165) is 30.8 Å². The molecule has 1 aromatic heterocycles. The largest absolute Gasteiger partial charge is 0.493 e. The first-order valence-corrected chi connectivity index (χ1v) is 8.88. The summed E-state index contributed by atoms with van der Waals surface area (Å²) in [5.74, 6) is 2.97. The molecule has 4 rings (SSSR count). The van der Waals surface area contributed by atoms with Crippen molar-refractivity contribution < 1.29 is 4.74 Å². The maximum atomic E-state index is 6.06. The number of para-hydroxylation sites is 3.